The average Bonchev–Trinajstić information content (AvgIpc) is 2.67. The lowest BCUT2D eigenvalue weighted by Crippen LogP contribution is -2.01. The predicted molar refractivity (Wildman–Crippen MR) is 54.6 cm³/mol. The number of rotatable bonds is 2. The molecule has 0 radical (unpaired) electrons. The molecule has 1 aliphatic rings. The number of ether oxygens (including phenoxy) is 1. The van der Waals surface area contributed by atoms with Gasteiger partial charge in [0.1, 0.15) is 12.0 Å². The molecule has 1 aromatic carbocycles. The minimum atomic E-state index is 0.169. The highest BCUT2D eigenvalue weighted by Crippen LogP contribution is 2.24. The first-order valence-corrected chi connectivity index (χ1v) is 4.61. The molecule has 2 rings (SSSR count). The topological polar surface area (TPSA) is 29.5 Å². The fourth-order valence-electron chi connectivity index (χ4n) is 1.56. The molecule has 0 saturated carbocycles. The van der Waals surface area contributed by atoms with Crippen molar-refractivity contribution in [1.82, 2.24) is 0 Å². The SMILES string of the molecule is O/C=C1/OC=CC1Cc1ccccc1. The van der Waals surface area contributed by atoms with Gasteiger partial charge in [0.15, 0.2) is 0 Å². The molecule has 14 heavy (non-hydrogen) atoms. The zero-order valence-electron chi connectivity index (χ0n) is 7.76. The van der Waals surface area contributed by atoms with E-state index in [1.54, 1.807) is 6.26 Å². The Morgan fingerprint density at radius 1 is 1.29 bits per heavy atom. The van der Waals surface area contributed by atoms with E-state index in [0.717, 1.165) is 12.7 Å². The number of hydrogen-bond acceptors (Lipinski definition) is 2. The predicted octanol–water partition coefficient (Wildman–Crippen LogP) is 2.79. The van der Waals surface area contributed by atoms with Gasteiger partial charge in [-0.15, -0.1) is 0 Å². The Morgan fingerprint density at radius 2 is 2.07 bits per heavy atom. The van der Waals surface area contributed by atoms with Crippen LogP contribution in [0.2, 0.25) is 0 Å². The second kappa shape index (κ2) is 4.01. The summed E-state index contributed by atoms with van der Waals surface area (Å²) in [4.78, 5) is 0. The van der Waals surface area contributed by atoms with Crippen LogP contribution in [-0.2, 0) is 11.2 Å². The molecule has 2 heteroatoms. The minimum Gasteiger partial charge on any atom is -0.512 e. The van der Waals surface area contributed by atoms with Crippen molar-refractivity contribution in [3.8, 4) is 0 Å². The van der Waals surface area contributed by atoms with Crippen LogP contribution in [0.1, 0.15) is 5.56 Å². The molecule has 0 amide bonds. The first-order chi connectivity index (χ1) is 6.90. The maximum absolute atomic E-state index is 8.89. The van der Waals surface area contributed by atoms with E-state index in [2.05, 4.69) is 12.1 Å². The molecule has 1 atom stereocenters. The van der Waals surface area contributed by atoms with Crippen molar-refractivity contribution < 1.29 is 9.84 Å². The van der Waals surface area contributed by atoms with Gasteiger partial charge in [-0.05, 0) is 18.1 Å². The van der Waals surface area contributed by atoms with Crippen LogP contribution in [0, 0.1) is 5.92 Å². The van der Waals surface area contributed by atoms with Gasteiger partial charge < -0.3 is 9.84 Å². The van der Waals surface area contributed by atoms with Crippen molar-refractivity contribution in [2.75, 3.05) is 0 Å². The number of allylic oxidation sites excluding steroid dienone is 1. The summed E-state index contributed by atoms with van der Waals surface area (Å²) < 4.78 is 5.12. The van der Waals surface area contributed by atoms with Gasteiger partial charge >= 0.3 is 0 Å². The monoisotopic (exact) mass is 188 g/mol. The van der Waals surface area contributed by atoms with Crippen LogP contribution >= 0.6 is 0 Å². The molecule has 0 bridgehead atoms. The molecule has 72 valence electrons. The molecule has 0 aliphatic carbocycles. The van der Waals surface area contributed by atoms with Crippen LogP contribution in [0.15, 0.2) is 54.7 Å². The number of benzene rings is 1. The third kappa shape index (κ3) is 1.79. The third-order valence-corrected chi connectivity index (χ3v) is 2.31. The zero-order chi connectivity index (χ0) is 9.80. The molecule has 0 aromatic heterocycles. The van der Waals surface area contributed by atoms with E-state index in [0.29, 0.717) is 5.76 Å². The molecular formula is C12H12O2. The number of aliphatic hydroxyl groups excluding tert-OH is 1. The highest BCUT2D eigenvalue weighted by Gasteiger charge is 2.18. The van der Waals surface area contributed by atoms with Crippen molar-refractivity contribution in [3.63, 3.8) is 0 Å². The summed E-state index contributed by atoms with van der Waals surface area (Å²) in [6.45, 7) is 0. The van der Waals surface area contributed by atoms with Gasteiger partial charge in [-0.3, -0.25) is 0 Å². The Kier molecular flexibility index (Phi) is 2.54. The van der Waals surface area contributed by atoms with E-state index < -0.39 is 0 Å². The molecule has 1 aliphatic heterocycles. The fraction of sp³-hybridized carbons (Fsp3) is 0.167. The summed E-state index contributed by atoms with van der Waals surface area (Å²) in [7, 11) is 0. The van der Waals surface area contributed by atoms with Gasteiger partial charge in [0.25, 0.3) is 0 Å². The first kappa shape index (κ1) is 8.88. The molecular weight excluding hydrogens is 176 g/mol. The van der Waals surface area contributed by atoms with Gasteiger partial charge in [-0.2, -0.15) is 0 Å². The van der Waals surface area contributed by atoms with Crippen LogP contribution in [-0.4, -0.2) is 5.11 Å². The van der Waals surface area contributed by atoms with Gasteiger partial charge in [0.2, 0.25) is 0 Å². The lowest BCUT2D eigenvalue weighted by molar-refractivity contribution is 0.310. The van der Waals surface area contributed by atoms with Crippen LogP contribution in [0.5, 0.6) is 0 Å². The minimum absolute atomic E-state index is 0.169. The molecule has 1 aromatic rings. The zero-order valence-corrected chi connectivity index (χ0v) is 7.76. The van der Waals surface area contributed by atoms with Crippen LogP contribution in [0.25, 0.3) is 0 Å². The average molecular weight is 188 g/mol. The Balaban J connectivity index is 2.08. The van der Waals surface area contributed by atoms with E-state index in [9.17, 15) is 0 Å². The maximum atomic E-state index is 8.89. The molecule has 1 N–H and O–H groups in total. The summed E-state index contributed by atoms with van der Waals surface area (Å²) in [5, 5.41) is 8.89. The van der Waals surface area contributed by atoms with Gasteiger partial charge in [-0.1, -0.05) is 30.3 Å². The molecule has 2 nitrogen and oxygen atoms in total. The largest absolute Gasteiger partial charge is 0.512 e. The Labute approximate surface area is 83.1 Å². The van der Waals surface area contributed by atoms with E-state index in [1.165, 1.54) is 5.56 Å². The Bertz CT molecular complexity index is 352. The molecule has 0 spiro atoms. The molecule has 1 heterocycles. The van der Waals surface area contributed by atoms with Crippen LogP contribution in [0.3, 0.4) is 0 Å². The van der Waals surface area contributed by atoms with E-state index in [1.807, 2.05) is 24.3 Å². The van der Waals surface area contributed by atoms with Crippen molar-refractivity contribution >= 4 is 0 Å². The molecule has 0 saturated heterocycles. The molecule has 0 fully saturated rings. The maximum Gasteiger partial charge on any atom is 0.144 e. The number of hydrogen-bond donors (Lipinski definition) is 1. The summed E-state index contributed by atoms with van der Waals surface area (Å²) in [6, 6.07) is 10.2. The second-order valence-corrected chi connectivity index (χ2v) is 3.27. The van der Waals surface area contributed by atoms with Crippen molar-refractivity contribution in [2.24, 2.45) is 5.92 Å². The molecule has 1 unspecified atom stereocenters. The van der Waals surface area contributed by atoms with E-state index >= 15 is 0 Å². The first-order valence-electron chi connectivity index (χ1n) is 4.61. The third-order valence-electron chi connectivity index (χ3n) is 2.31. The lowest BCUT2D eigenvalue weighted by atomic mass is 9.99. The highest BCUT2D eigenvalue weighted by atomic mass is 16.5. The summed E-state index contributed by atoms with van der Waals surface area (Å²) in [5.41, 5.74) is 1.24. The van der Waals surface area contributed by atoms with Gasteiger partial charge in [0.05, 0.1) is 6.26 Å². The lowest BCUT2D eigenvalue weighted by Gasteiger charge is -2.08. The Hall–Kier alpha value is -1.70. The quantitative estimate of drug-likeness (QED) is 0.723. The van der Waals surface area contributed by atoms with Crippen LogP contribution < -0.4 is 0 Å². The van der Waals surface area contributed by atoms with Gasteiger partial charge in [-0.25, -0.2) is 0 Å². The van der Waals surface area contributed by atoms with Crippen molar-refractivity contribution in [2.45, 2.75) is 6.42 Å². The Morgan fingerprint density at radius 3 is 2.79 bits per heavy atom. The summed E-state index contributed by atoms with van der Waals surface area (Å²) in [6.07, 6.45) is 5.47. The fourth-order valence-corrected chi connectivity index (χ4v) is 1.56. The standard InChI is InChI=1S/C12H12O2/c13-9-12-11(6-7-14-12)8-10-4-2-1-3-5-10/h1-7,9,11,13H,8H2/b12-9+. The highest BCUT2D eigenvalue weighted by molar-refractivity contribution is 5.21. The van der Waals surface area contributed by atoms with E-state index in [4.69, 9.17) is 9.84 Å². The van der Waals surface area contributed by atoms with E-state index in [-0.39, 0.29) is 5.92 Å². The summed E-state index contributed by atoms with van der Waals surface area (Å²) >= 11 is 0. The van der Waals surface area contributed by atoms with Crippen molar-refractivity contribution in [1.29, 1.82) is 0 Å². The van der Waals surface area contributed by atoms with Crippen LogP contribution in [0.4, 0.5) is 0 Å². The van der Waals surface area contributed by atoms with Crippen molar-refractivity contribution in [3.05, 3.63) is 60.3 Å². The smallest absolute Gasteiger partial charge is 0.144 e. The summed E-state index contributed by atoms with van der Waals surface area (Å²) in [5.74, 6) is 0.788. The second-order valence-electron chi connectivity index (χ2n) is 3.27. The normalized spacial score (nSPS) is 22.6. The van der Waals surface area contributed by atoms with Gasteiger partial charge in [0, 0.05) is 5.92 Å². The number of aliphatic hydroxyl groups is 1.